The van der Waals surface area contributed by atoms with Gasteiger partial charge in [-0.2, -0.15) is 9.97 Å². The van der Waals surface area contributed by atoms with Crippen molar-refractivity contribution in [1.29, 1.82) is 0 Å². The molecule has 124 valence electrons. The summed E-state index contributed by atoms with van der Waals surface area (Å²) in [7, 11) is 0. The van der Waals surface area contributed by atoms with E-state index in [2.05, 4.69) is 20.3 Å². The molecule has 1 aromatic carbocycles. The van der Waals surface area contributed by atoms with Crippen molar-refractivity contribution in [3.05, 3.63) is 35.9 Å². The number of hydrogen-bond donors (Lipinski definition) is 2. The topological polar surface area (TPSA) is 90.9 Å². The van der Waals surface area contributed by atoms with Gasteiger partial charge in [0.15, 0.2) is 17.0 Å². The number of rotatable bonds is 3. The first kappa shape index (κ1) is 15.2. The van der Waals surface area contributed by atoms with E-state index in [4.69, 9.17) is 22.1 Å². The average molecular weight is 345 g/mol. The highest BCUT2D eigenvalue weighted by molar-refractivity contribution is 6.28. The Morgan fingerprint density at radius 3 is 2.92 bits per heavy atom. The molecule has 0 radical (unpaired) electrons. The van der Waals surface area contributed by atoms with Gasteiger partial charge in [0.25, 0.3) is 0 Å². The molecule has 24 heavy (non-hydrogen) atoms. The summed E-state index contributed by atoms with van der Waals surface area (Å²) in [5.41, 5.74) is 8.64. The fourth-order valence-electron chi connectivity index (χ4n) is 2.87. The number of imidazole rings is 1. The minimum Gasteiger partial charge on any atom is -0.397 e. The predicted molar refractivity (Wildman–Crippen MR) is 93.3 cm³/mol. The highest BCUT2D eigenvalue weighted by Crippen LogP contribution is 2.30. The van der Waals surface area contributed by atoms with Crippen LogP contribution in [-0.2, 0) is 4.74 Å². The van der Waals surface area contributed by atoms with Crippen LogP contribution in [0, 0.1) is 0 Å². The Morgan fingerprint density at radius 1 is 1.25 bits per heavy atom. The smallest absolute Gasteiger partial charge is 0.226 e. The molecule has 4 rings (SSSR count). The molecule has 0 bridgehead atoms. The van der Waals surface area contributed by atoms with E-state index in [1.54, 1.807) is 6.33 Å². The second-order valence-corrected chi connectivity index (χ2v) is 6.04. The zero-order valence-electron chi connectivity index (χ0n) is 12.9. The summed E-state index contributed by atoms with van der Waals surface area (Å²) >= 11 is 6.12. The van der Waals surface area contributed by atoms with Crippen LogP contribution in [0.1, 0.15) is 25.5 Å². The van der Waals surface area contributed by atoms with Crippen LogP contribution in [0.5, 0.6) is 0 Å². The Balaban J connectivity index is 1.76. The number of fused-ring (bicyclic) bond motifs is 1. The van der Waals surface area contributed by atoms with Gasteiger partial charge in [-0.25, -0.2) is 4.98 Å². The van der Waals surface area contributed by atoms with Crippen LogP contribution in [0.25, 0.3) is 11.2 Å². The zero-order chi connectivity index (χ0) is 16.5. The van der Waals surface area contributed by atoms with Gasteiger partial charge in [-0.3, -0.25) is 4.57 Å². The summed E-state index contributed by atoms with van der Waals surface area (Å²) in [5, 5.41) is 3.35. The molecular weight excluding hydrogens is 328 g/mol. The second-order valence-electron chi connectivity index (χ2n) is 5.70. The molecule has 1 atom stereocenters. The lowest BCUT2D eigenvalue weighted by Crippen LogP contribution is -2.17. The largest absolute Gasteiger partial charge is 0.397 e. The lowest BCUT2D eigenvalue weighted by Gasteiger charge is -2.23. The van der Waals surface area contributed by atoms with Crippen LogP contribution in [0.3, 0.4) is 0 Å². The van der Waals surface area contributed by atoms with Crippen molar-refractivity contribution in [2.24, 2.45) is 0 Å². The number of nitrogens with one attached hydrogen (secondary N) is 1. The Morgan fingerprint density at radius 2 is 2.12 bits per heavy atom. The van der Waals surface area contributed by atoms with Gasteiger partial charge in [0.05, 0.1) is 17.7 Å². The summed E-state index contributed by atoms with van der Waals surface area (Å²) in [6, 6.07) is 7.46. The van der Waals surface area contributed by atoms with Crippen molar-refractivity contribution in [2.75, 3.05) is 17.7 Å². The maximum absolute atomic E-state index is 6.12. The van der Waals surface area contributed by atoms with Crippen LogP contribution in [-0.4, -0.2) is 26.1 Å². The van der Waals surface area contributed by atoms with Crippen LogP contribution < -0.4 is 11.1 Å². The first-order valence-corrected chi connectivity index (χ1v) is 8.23. The molecule has 2 aromatic heterocycles. The number of para-hydroxylation sites is 2. The summed E-state index contributed by atoms with van der Waals surface area (Å²) in [5.74, 6) is 0.525. The van der Waals surface area contributed by atoms with Crippen molar-refractivity contribution in [1.82, 2.24) is 19.5 Å². The number of halogens is 1. The molecule has 3 N–H and O–H groups in total. The van der Waals surface area contributed by atoms with Gasteiger partial charge in [-0.05, 0) is 43.0 Å². The minimum atomic E-state index is -0.0654. The normalized spacial score (nSPS) is 18.0. The van der Waals surface area contributed by atoms with Gasteiger partial charge in [0.1, 0.15) is 6.23 Å². The average Bonchev–Trinajstić information content (AvgIpc) is 3.01. The van der Waals surface area contributed by atoms with E-state index in [-0.39, 0.29) is 11.5 Å². The predicted octanol–water partition coefficient (Wildman–Crippen LogP) is 3.50. The van der Waals surface area contributed by atoms with E-state index in [1.165, 1.54) is 0 Å². The summed E-state index contributed by atoms with van der Waals surface area (Å²) in [4.78, 5) is 13.1. The van der Waals surface area contributed by atoms with Crippen LogP contribution in [0.2, 0.25) is 5.28 Å². The molecule has 0 amide bonds. The molecule has 1 aliphatic heterocycles. The van der Waals surface area contributed by atoms with E-state index in [0.29, 0.717) is 22.7 Å². The fourth-order valence-corrected chi connectivity index (χ4v) is 3.03. The number of aromatic nitrogens is 4. The quantitative estimate of drug-likeness (QED) is 0.558. The maximum atomic E-state index is 6.12. The lowest BCUT2D eigenvalue weighted by atomic mass is 10.2. The molecule has 0 spiro atoms. The SMILES string of the molecule is Nc1ccccc1Nc1nc(Cl)nc2c1ncn2C1CCCCO1. The van der Waals surface area contributed by atoms with Gasteiger partial charge >= 0.3 is 0 Å². The number of nitrogen functional groups attached to an aromatic ring is 1. The standard InChI is InChI=1S/C16H17ClN6O/c17-16-21-14(20-11-6-2-1-5-10(11)18)13-15(22-16)23(9-19-13)12-7-3-4-8-24-12/h1-2,5-6,9,12H,3-4,7-8,18H2,(H,20,21,22). The van der Waals surface area contributed by atoms with Crippen LogP contribution in [0.4, 0.5) is 17.2 Å². The maximum Gasteiger partial charge on any atom is 0.226 e. The van der Waals surface area contributed by atoms with E-state index < -0.39 is 0 Å². The van der Waals surface area contributed by atoms with Gasteiger partial charge in [0, 0.05) is 6.61 Å². The lowest BCUT2D eigenvalue weighted by molar-refractivity contribution is -0.0298. The highest BCUT2D eigenvalue weighted by Gasteiger charge is 2.21. The van der Waals surface area contributed by atoms with Gasteiger partial charge in [-0.1, -0.05) is 12.1 Å². The molecule has 1 unspecified atom stereocenters. The third-order valence-corrected chi connectivity index (χ3v) is 4.24. The fraction of sp³-hybridized carbons (Fsp3) is 0.312. The van der Waals surface area contributed by atoms with Crippen molar-refractivity contribution >= 4 is 40.0 Å². The van der Waals surface area contributed by atoms with Crippen LogP contribution >= 0.6 is 11.6 Å². The molecule has 0 aliphatic carbocycles. The Hall–Kier alpha value is -2.38. The summed E-state index contributed by atoms with van der Waals surface area (Å²) < 4.78 is 7.74. The minimum absolute atomic E-state index is 0.0654. The summed E-state index contributed by atoms with van der Waals surface area (Å²) in [6.45, 7) is 0.745. The van der Waals surface area contributed by atoms with Crippen molar-refractivity contribution in [3.63, 3.8) is 0 Å². The van der Waals surface area contributed by atoms with E-state index in [1.807, 2.05) is 28.8 Å². The van der Waals surface area contributed by atoms with Gasteiger partial charge < -0.3 is 15.8 Å². The van der Waals surface area contributed by atoms with Crippen molar-refractivity contribution in [3.8, 4) is 0 Å². The number of anilines is 3. The molecule has 1 aliphatic rings. The van der Waals surface area contributed by atoms with E-state index in [0.717, 1.165) is 31.6 Å². The molecular formula is C16H17ClN6O. The van der Waals surface area contributed by atoms with Gasteiger partial charge in [0.2, 0.25) is 5.28 Å². The molecule has 1 saturated heterocycles. The Bertz CT molecular complexity index is 874. The number of ether oxygens (including phenoxy) is 1. The zero-order valence-corrected chi connectivity index (χ0v) is 13.7. The molecule has 8 heteroatoms. The third-order valence-electron chi connectivity index (χ3n) is 4.07. The molecule has 1 fully saturated rings. The van der Waals surface area contributed by atoms with E-state index in [9.17, 15) is 0 Å². The number of nitrogens with two attached hydrogens (primary N) is 1. The number of nitrogens with zero attached hydrogens (tertiary/aromatic N) is 4. The molecule has 3 heterocycles. The number of benzene rings is 1. The highest BCUT2D eigenvalue weighted by atomic mass is 35.5. The monoisotopic (exact) mass is 344 g/mol. The Kier molecular flexibility index (Phi) is 3.95. The summed E-state index contributed by atoms with van der Waals surface area (Å²) in [6.07, 6.45) is 4.80. The van der Waals surface area contributed by atoms with Gasteiger partial charge in [-0.15, -0.1) is 0 Å². The second kappa shape index (κ2) is 6.26. The first-order chi connectivity index (χ1) is 11.7. The Labute approximate surface area is 143 Å². The van der Waals surface area contributed by atoms with Crippen molar-refractivity contribution < 1.29 is 4.74 Å². The third kappa shape index (κ3) is 2.76. The van der Waals surface area contributed by atoms with Crippen molar-refractivity contribution in [2.45, 2.75) is 25.5 Å². The molecule has 3 aromatic rings. The van der Waals surface area contributed by atoms with Crippen LogP contribution in [0.15, 0.2) is 30.6 Å². The molecule has 7 nitrogen and oxygen atoms in total. The molecule has 0 saturated carbocycles. The number of hydrogen-bond acceptors (Lipinski definition) is 6. The first-order valence-electron chi connectivity index (χ1n) is 7.85. The van der Waals surface area contributed by atoms with E-state index >= 15 is 0 Å².